The van der Waals surface area contributed by atoms with Crippen molar-refractivity contribution in [2.24, 2.45) is 0 Å². The van der Waals surface area contributed by atoms with Crippen LogP contribution < -0.4 is 0 Å². The van der Waals surface area contributed by atoms with Gasteiger partial charge in [-0.05, 0) is 0 Å². The number of rotatable bonds is 5. The van der Waals surface area contributed by atoms with Gasteiger partial charge in [-0.1, -0.05) is 0 Å². The minimum absolute atomic E-state index is 0.151. The largest absolute Gasteiger partial charge is 0.483 e. The third kappa shape index (κ3) is 4.31. The van der Waals surface area contributed by atoms with Crippen LogP contribution in [0.4, 0.5) is 48.3 Å². The van der Waals surface area contributed by atoms with Crippen molar-refractivity contribution in [3.8, 4) is 0 Å². The van der Waals surface area contributed by atoms with Gasteiger partial charge < -0.3 is 4.74 Å². The van der Waals surface area contributed by atoms with Crippen LogP contribution in [0.15, 0.2) is 0 Å². The maximum atomic E-state index is 13.1. The van der Waals surface area contributed by atoms with Crippen molar-refractivity contribution in [3.63, 3.8) is 0 Å². The zero-order chi connectivity index (χ0) is 18.2. The van der Waals surface area contributed by atoms with Crippen molar-refractivity contribution in [2.45, 2.75) is 30.6 Å². The molecule has 0 spiro atoms. The number of carbonyl (C=O) groups is 1. The van der Waals surface area contributed by atoms with E-state index < -0.39 is 36.6 Å². The number of ether oxygens (including phenoxy) is 3. The third-order valence-corrected chi connectivity index (χ3v) is 1.61. The highest BCUT2D eigenvalue weighted by atomic mass is 19.4. The van der Waals surface area contributed by atoms with Crippen LogP contribution in [0, 0.1) is 0 Å². The molecule has 22 heavy (non-hydrogen) atoms. The molecule has 0 heterocycles. The van der Waals surface area contributed by atoms with Gasteiger partial charge in [0.2, 0.25) is 0 Å². The normalized spacial score (nSPS) is 17.1. The predicted molar refractivity (Wildman–Crippen MR) is 40.0 cm³/mol. The van der Waals surface area contributed by atoms with Crippen molar-refractivity contribution < 1.29 is 67.3 Å². The first-order valence-electron chi connectivity index (χ1n) is 4.46. The summed E-state index contributed by atoms with van der Waals surface area (Å²) in [5.41, 5.74) is 0. The molecule has 0 aromatic heterocycles. The van der Waals surface area contributed by atoms with Crippen molar-refractivity contribution in [2.75, 3.05) is 7.11 Å². The second-order valence-electron chi connectivity index (χ2n) is 3.26. The molecule has 0 aliphatic carbocycles. The van der Waals surface area contributed by atoms with Gasteiger partial charge in [0, 0.05) is 0 Å². The van der Waals surface area contributed by atoms with E-state index in [4.69, 9.17) is 0 Å². The Balaban J connectivity index is 5.69. The molecule has 0 amide bonds. The van der Waals surface area contributed by atoms with E-state index in [0.717, 1.165) is 0 Å². The van der Waals surface area contributed by atoms with E-state index in [9.17, 15) is 53.1 Å². The van der Waals surface area contributed by atoms with Crippen LogP contribution in [0.3, 0.4) is 0 Å². The molecule has 0 saturated heterocycles. The van der Waals surface area contributed by atoms with Crippen LogP contribution in [0.2, 0.25) is 0 Å². The number of methoxy groups -OCH3 is 1. The van der Waals surface area contributed by atoms with Crippen LogP contribution in [0.1, 0.15) is 0 Å². The highest BCUT2D eigenvalue weighted by Crippen LogP contribution is 2.47. The number of carbonyl (C=O) groups excluding carboxylic acids is 1. The Labute approximate surface area is 112 Å². The molecule has 0 radical (unpaired) electrons. The summed E-state index contributed by atoms with van der Waals surface area (Å²) in [6, 6.07) is -6.68. The first kappa shape index (κ1) is 20.6. The van der Waals surface area contributed by atoms with E-state index in [1.54, 1.807) is 4.74 Å². The number of hydrogen-bond acceptors (Lipinski definition) is 4. The SMILES string of the molecule is COC(=O)C(F)(F)OC(F)(OC(F)(F)C(F)(F)F)C(F)(F)F. The Morgan fingerprint density at radius 1 is 0.727 bits per heavy atom. The van der Waals surface area contributed by atoms with Crippen LogP contribution in [0.25, 0.3) is 0 Å². The van der Waals surface area contributed by atoms with Gasteiger partial charge in [0.05, 0.1) is 7.11 Å². The van der Waals surface area contributed by atoms with Gasteiger partial charge in [-0.25, -0.2) is 14.3 Å². The van der Waals surface area contributed by atoms with E-state index in [1.807, 2.05) is 0 Å². The fraction of sp³-hybridized carbons (Fsp3) is 0.857. The van der Waals surface area contributed by atoms with Gasteiger partial charge >= 0.3 is 36.6 Å². The molecule has 0 saturated carbocycles. The number of alkyl halides is 11. The average Bonchev–Trinajstić information content (AvgIpc) is 2.22. The lowest BCUT2D eigenvalue weighted by molar-refractivity contribution is -0.551. The molecule has 4 nitrogen and oxygen atoms in total. The van der Waals surface area contributed by atoms with E-state index >= 15 is 0 Å². The summed E-state index contributed by atoms with van der Waals surface area (Å²) in [6.45, 7) is 0. The topological polar surface area (TPSA) is 44.8 Å². The minimum atomic E-state index is -6.96. The van der Waals surface area contributed by atoms with Crippen molar-refractivity contribution >= 4 is 5.97 Å². The van der Waals surface area contributed by atoms with Crippen LogP contribution in [0.5, 0.6) is 0 Å². The molecule has 0 aromatic carbocycles. The van der Waals surface area contributed by atoms with Crippen LogP contribution >= 0.6 is 0 Å². The smallest absolute Gasteiger partial charge is 0.463 e. The quantitative estimate of drug-likeness (QED) is 0.429. The molecule has 0 aliphatic heterocycles. The van der Waals surface area contributed by atoms with Crippen molar-refractivity contribution in [3.05, 3.63) is 0 Å². The molecule has 0 fully saturated rings. The van der Waals surface area contributed by atoms with Crippen molar-refractivity contribution in [1.29, 1.82) is 0 Å². The van der Waals surface area contributed by atoms with Gasteiger partial charge in [0.15, 0.2) is 0 Å². The molecule has 1 unspecified atom stereocenters. The molecule has 0 aliphatic rings. The minimum Gasteiger partial charge on any atom is -0.463 e. The zero-order valence-electron chi connectivity index (χ0n) is 9.79. The van der Waals surface area contributed by atoms with Gasteiger partial charge in [0.1, 0.15) is 0 Å². The first-order valence-corrected chi connectivity index (χ1v) is 4.46. The van der Waals surface area contributed by atoms with Crippen LogP contribution in [-0.2, 0) is 19.0 Å². The molecular weight excluding hydrogens is 357 g/mol. The molecule has 0 N–H and O–H groups in total. The summed E-state index contributed by atoms with van der Waals surface area (Å²) in [4.78, 5) is 10.3. The highest BCUT2D eigenvalue weighted by molar-refractivity contribution is 5.75. The molecule has 0 aromatic rings. The van der Waals surface area contributed by atoms with E-state index in [-0.39, 0.29) is 7.11 Å². The average molecular weight is 360 g/mol. The molecule has 1 atom stereocenters. The lowest BCUT2D eigenvalue weighted by atomic mass is 10.5. The fourth-order valence-corrected chi connectivity index (χ4v) is 0.685. The lowest BCUT2D eigenvalue weighted by Gasteiger charge is -2.32. The molecule has 132 valence electrons. The van der Waals surface area contributed by atoms with E-state index in [0.29, 0.717) is 0 Å². The molecule has 0 bridgehead atoms. The zero-order valence-corrected chi connectivity index (χ0v) is 9.79. The monoisotopic (exact) mass is 360 g/mol. The number of hydrogen-bond donors (Lipinski definition) is 0. The molecule has 15 heteroatoms. The Kier molecular flexibility index (Phi) is 5.32. The number of esters is 1. The van der Waals surface area contributed by atoms with E-state index in [1.165, 1.54) is 0 Å². The van der Waals surface area contributed by atoms with E-state index in [2.05, 4.69) is 9.47 Å². The van der Waals surface area contributed by atoms with Gasteiger partial charge in [0.25, 0.3) is 0 Å². The summed E-state index contributed by atoms with van der Waals surface area (Å²) < 4.78 is 141. The second-order valence-corrected chi connectivity index (χ2v) is 3.26. The first-order chi connectivity index (χ1) is 9.40. The summed E-state index contributed by atoms with van der Waals surface area (Å²) in [5.74, 6) is -3.02. The molecular formula is C7H3F11O4. The van der Waals surface area contributed by atoms with Gasteiger partial charge in [-0.15, -0.1) is 0 Å². The maximum Gasteiger partial charge on any atom is 0.483 e. The predicted octanol–water partition coefficient (Wildman–Crippen LogP) is 3.13. The fourth-order valence-electron chi connectivity index (χ4n) is 0.685. The standard InChI is InChI=1S/C7H3F11O4/c1-20-2(19)3(8,9)21-7(18,5(13,14)15)22-6(16,17)4(10,11)12/h1H3. The summed E-state index contributed by atoms with van der Waals surface area (Å²) in [7, 11) is 0.151. The Hall–Kier alpha value is -1.38. The Morgan fingerprint density at radius 2 is 1.14 bits per heavy atom. The van der Waals surface area contributed by atoms with Crippen LogP contribution in [-0.4, -0.2) is 43.7 Å². The molecule has 0 rings (SSSR count). The lowest BCUT2D eigenvalue weighted by Crippen LogP contribution is -2.57. The van der Waals surface area contributed by atoms with Gasteiger partial charge in [-0.2, -0.15) is 48.3 Å². The number of halogens is 11. The van der Waals surface area contributed by atoms with Crippen molar-refractivity contribution in [1.82, 2.24) is 0 Å². The third-order valence-electron chi connectivity index (χ3n) is 1.61. The second kappa shape index (κ2) is 5.68. The Morgan fingerprint density at radius 3 is 1.41 bits per heavy atom. The maximum absolute atomic E-state index is 13.1. The Bertz CT molecular complexity index is 414. The van der Waals surface area contributed by atoms with Gasteiger partial charge in [-0.3, -0.25) is 0 Å². The summed E-state index contributed by atoms with van der Waals surface area (Å²) >= 11 is 0. The summed E-state index contributed by atoms with van der Waals surface area (Å²) in [6.07, 6.45) is -26.6. The highest BCUT2D eigenvalue weighted by Gasteiger charge is 2.74. The summed E-state index contributed by atoms with van der Waals surface area (Å²) in [5, 5.41) is 0.